The largest absolute Gasteiger partial charge is 0.481 e. The van der Waals surface area contributed by atoms with Crippen LogP contribution < -0.4 is 0 Å². The molecule has 0 saturated carbocycles. The molecule has 0 aromatic rings. The van der Waals surface area contributed by atoms with Gasteiger partial charge in [-0.3, -0.25) is 4.79 Å². The molecular weight excluding hydrogens is 212 g/mol. The molecule has 0 fully saturated rings. The van der Waals surface area contributed by atoms with E-state index in [4.69, 9.17) is 5.11 Å². The molecular formula is C15H24O2. The van der Waals surface area contributed by atoms with E-state index in [0.29, 0.717) is 12.3 Å². The van der Waals surface area contributed by atoms with Gasteiger partial charge in [0.25, 0.3) is 0 Å². The van der Waals surface area contributed by atoms with Crippen LogP contribution in [0.15, 0.2) is 36.5 Å². The maximum Gasteiger partial charge on any atom is 0.303 e. The Kier molecular flexibility index (Phi) is 8.12. The molecule has 96 valence electrons. The maximum atomic E-state index is 10.4. The lowest BCUT2D eigenvalue weighted by Crippen LogP contribution is -2.00. The molecule has 0 heterocycles. The fourth-order valence-corrected chi connectivity index (χ4v) is 1.63. The highest BCUT2D eigenvalue weighted by molar-refractivity contribution is 5.66. The summed E-state index contributed by atoms with van der Waals surface area (Å²) in [4.78, 5) is 10.4. The predicted molar refractivity (Wildman–Crippen MR) is 73.0 cm³/mol. The van der Waals surface area contributed by atoms with E-state index in [2.05, 4.69) is 19.2 Å². The van der Waals surface area contributed by atoms with Crippen LogP contribution >= 0.6 is 0 Å². The van der Waals surface area contributed by atoms with Crippen LogP contribution in [0, 0.1) is 5.92 Å². The summed E-state index contributed by atoms with van der Waals surface area (Å²) < 4.78 is 0. The second-order valence-electron chi connectivity index (χ2n) is 4.59. The Balaban J connectivity index is 4.16. The highest BCUT2D eigenvalue weighted by atomic mass is 16.4. The Hall–Kier alpha value is -1.31. The van der Waals surface area contributed by atoms with E-state index >= 15 is 0 Å². The minimum Gasteiger partial charge on any atom is -0.481 e. The van der Waals surface area contributed by atoms with E-state index in [1.54, 1.807) is 0 Å². The van der Waals surface area contributed by atoms with Gasteiger partial charge in [0, 0.05) is 6.42 Å². The summed E-state index contributed by atoms with van der Waals surface area (Å²) in [7, 11) is 0. The molecule has 1 unspecified atom stereocenters. The topological polar surface area (TPSA) is 37.3 Å². The van der Waals surface area contributed by atoms with Crippen LogP contribution in [-0.2, 0) is 4.79 Å². The first-order valence-electron chi connectivity index (χ1n) is 6.11. The molecule has 2 nitrogen and oxygen atoms in total. The van der Waals surface area contributed by atoms with Crippen molar-refractivity contribution in [2.24, 2.45) is 5.92 Å². The minimum absolute atomic E-state index is 0.215. The summed E-state index contributed by atoms with van der Waals surface area (Å²) in [5.74, 6) is -0.256. The number of allylic oxidation sites excluding steroid dienone is 4. The van der Waals surface area contributed by atoms with Crippen LogP contribution in [0.5, 0.6) is 0 Å². The Morgan fingerprint density at radius 3 is 2.47 bits per heavy atom. The fourth-order valence-electron chi connectivity index (χ4n) is 1.63. The second-order valence-corrected chi connectivity index (χ2v) is 4.59. The standard InChI is InChI=1S/C15H24O2/c1-5-6-7-14(12(2)3)10-8-13(4)9-11-15(16)17/h5,8,14H,1-2,6-7,9-11H2,3-4H3,(H,16,17)/b13-8+. The first-order valence-corrected chi connectivity index (χ1v) is 6.11. The third-order valence-electron chi connectivity index (χ3n) is 2.90. The van der Waals surface area contributed by atoms with Gasteiger partial charge >= 0.3 is 5.97 Å². The number of aliphatic carboxylic acids is 1. The normalized spacial score (nSPS) is 13.2. The van der Waals surface area contributed by atoms with Gasteiger partial charge in [0.05, 0.1) is 0 Å². The van der Waals surface area contributed by atoms with Crippen molar-refractivity contribution >= 4 is 5.97 Å². The van der Waals surface area contributed by atoms with Gasteiger partial charge in [-0.05, 0) is 45.4 Å². The van der Waals surface area contributed by atoms with E-state index in [1.165, 1.54) is 5.57 Å². The lowest BCUT2D eigenvalue weighted by Gasteiger charge is -2.14. The van der Waals surface area contributed by atoms with Gasteiger partial charge < -0.3 is 5.11 Å². The highest BCUT2D eigenvalue weighted by Crippen LogP contribution is 2.21. The van der Waals surface area contributed by atoms with Crippen LogP contribution in [-0.4, -0.2) is 11.1 Å². The minimum atomic E-state index is -0.735. The summed E-state index contributed by atoms with van der Waals surface area (Å²) in [5, 5.41) is 8.59. The van der Waals surface area contributed by atoms with Crippen LogP contribution in [0.4, 0.5) is 0 Å². The molecule has 17 heavy (non-hydrogen) atoms. The maximum absolute atomic E-state index is 10.4. The van der Waals surface area contributed by atoms with Crippen molar-refractivity contribution in [3.8, 4) is 0 Å². The smallest absolute Gasteiger partial charge is 0.303 e. The van der Waals surface area contributed by atoms with Gasteiger partial charge in [0.1, 0.15) is 0 Å². The number of hydrogen-bond acceptors (Lipinski definition) is 1. The van der Waals surface area contributed by atoms with Crippen molar-refractivity contribution in [1.29, 1.82) is 0 Å². The first kappa shape index (κ1) is 15.7. The third-order valence-corrected chi connectivity index (χ3v) is 2.90. The molecule has 0 aliphatic heterocycles. The van der Waals surface area contributed by atoms with Gasteiger partial charge in [-0.1, -0.05) is 29.9 Å². The molecule has 0 aromatic carbocycles. The number of carboxylic acid groups (broad SMARTS) is 1. The van der Waals surface area contributed by atoms with E-state index in [0.717, 1.165) is 24.8 Å². The molecule has 0 aliphatic rings. The SMILES string of the molecule is C=CCCC(C/C=C(\C)CCC(=O)O)C(=C)C. The zero-order valence-corrected chi connectivity index (χ0v) is 11.0. The molecule has 2 heteroatoms. The van der Waals surface area contributed by atoms with Gasteiger partial charge in [0.15, 0.2) is 0 Å². The molecule has 0 radical (unpaired) electrons. The number of rotatable bonds is 9. The molecule has 1 N–H and O–H groups in total. The summed E-state index contributed by atoms with van der Waals surface area (Å²) in [6.07, 6.45) is 7.95. The Bertz CT molecular complexity index is 300. The third kappa shape index (κ3) is 8.49. The zero-order valence-electron chi connectivity index (χ0n) is 11.0. The highest BCUT2D eigenvalue weighted by Gasteiger charge is 2.07. The van der Waals surface area contributed by atoms with Crippen molar-refractivity contribution in [3.63, 3.8) is 0 Å². The van der Waals surface area contributed by atoms with Gasteiger partial charge in [0.2, 0.25) is 0 Å². The number of hydrogen-bond donors (Lipinski definition) is 1. The molecule has 0 aromatic heterocycles. The summed E-state index contributed by atoms with van der Waals surface area (Å²) in [5.41, 5.74) is 2.34. The van der Waals surface area contributed by atoms with Gasteiger partial charge in [-0.25, -0.2) is 0 Å². The van der Waals surface area contributed by atoms with E-state index in [-0.39, 0.29) is 6.42 Å². The Morgan fingerprint density at radius 1 is 1.35 bits per heavy atom. The molecule has 0 rings (SSSR count). The fraction of sp³-hybridized carbons (Fsp3) is 0.533. The number of carbonyl (C=O) groups is 1. The zero-order chi connectivity index (χ0) is 13.3. The van der Waals surface area contributed by atoms with E-state index in [1.807, 2.05) is 19.9 Å². The van der Waals surface area contributed by atoms with Crippen molar-refractivity contribution < 1.29 is 9.90 Å². The van der Waals surface area contributed by atoms with Gasteiger partial charge in [-0.15, -0.1) is 6.58 Å². The van der Waals surface area contributed by atoms with Crippen LogP contribution in [0.3, 0.4) is 0 Å². The van der Waals surface area contributed by atoms with E-state index in [9.17, 15) is 4.79 Å². The van der Waals surface area contributed by atoms with Gasteiger partial charge in [-0.2, -0.15) is 0 Å². The average Bonchev–Trinajstić information content (AvgIpc) is 2.25. The summed E-state index contributed by atoms with van der Waals surface area (Å²) in [6.45, 7) is 11.8. The van der Waals surface area contributed by atoms with Crippen molar-refractivity contribution in [1.82, 2.24) is 0 Å². The second kappa shape index (κ2) is 8.80. The molecule has 0 amide bonds. The molecule has 1 atom stereocenters. The van der Waals surface area contributed by atoms with Crippen LogP contribution in [0.2, 0.25) is 0 Å². The Labute approximate surface area is 105 Å². The van der Waals surface area contributed by atoms with Crippen LogP contribution in [0.1, 0.15) is 46.0 Å². The molecule has 0 spiro atoms. The molecule has 0 aliphatic carbocycles. The first-order chi connectivity index (χ1) is 7.97. The average molecular weight is 236 g/mol. The summed E-state index contributed by atoms with van der Waals surface area (Å²) in [6, 6.07) is 0. The molecule has 0 bridgehead atoms. The van der Waals surface area contributed by atoms with Crippen molar-refractivity contribution in [2.75, 3.05) is 0 Å². The van der Waals surface area contributed by atoms with Crippen molar-refractivity contribution in [2.45, 2.75) is 46.0 Å². The number of carboxylic acids is 1. The Morgan fingerprint density at radius 2 is 2.00 bits per heavy atom. The lowest BCUT2D eigenvalue weighted by molar-refractivity contribution is -0.136. The van der Waals surface area contributed by atoms with E-state index < -0.39 is 5.97 Å². The lowest BCUT2D eigenvalue weighted by atomic mass is 9.92. The quantitative estimate of drug-likeness (QED) is 0.604. The molecule has 0 saturated heterocycles. The van der Waals surface area contributed by atoms with Crippen molar-refractivity contribution in [3.05, 3.63) is 36.5 Å². The predicted octanol–water partition coefficient (Wildman–Crippen LogP) is 4.35. The monoisotopic (exact) mass is 236 g/mol. The van der Waals surface area contributed by atoms with Crippen LogP contribution in [0.25, 0.3) is 0 Å². The summed E-state index contributed by atoms with van der Waals surface area (Å²) >= 11 is 0.